The molecule has 0 radical (unpaired) electrons. The zero-order chi connectivity index (χ0) is 23.9. The van der Waals surface area contributed by atoms with Gasteiger partial charge in [-0.15, -0.1) is 0 Å². The molecule has 3 aromatic rings. The van der Waals surface area contributed by atoms with Crippen LogP contribution in [0.2, 0.25) is 0 Å². The molecule has 1 aromatic heterocycles. The number of fused-ring (bicyclic) bond motifs is 1. The normalized spacial score (nSPS) is 15.3. The van der Waals surface area contributed by atoms with Gasteiger partial charge in [0.2, 0.25) is 5.43 Å². The highest BCUT2D eigenvalue weighted by Gasteiger charge is 2.42. The molecule has 33 heavy (non-hydrogen) atoms. The molecular weight excluding hydrogens is 425 g/mol. The molecule has 0 bridgehead atoms. The highest BCUT2D eigenvalue weighted by Crippen LogP contribution is 2.34. The molecule has 0 aliphatic carbocycles. The van der Waals surface area contributed by atoms with Gasteiger partial charge in [0.15, 0.2) is 5.69 Å². The Labute approximate surface area is 190 Å². The highest BCUT2D eigenvalue weighted by molar-refractivity contribution is 6.10. The fourth-order valence-electron chi connectivity index (χ4n) is 3.87. The van der Waals surface area contributed by atoms with Crippen LogP contribution in [-0.4, -0.2) is 33.3 Å². The Kier molecular flexibility index (Phi) is 5.61. The Morgan fingerprint density at radius 2 is 1.70 bits per heavy atom. The van der Waals surface area contributed by atoms with Crippen LogP contribution in [0.1, 0.15) is 42.5 Å². The van der Waals surface area contributed by atoms with Crippen LogP contribution in [0.15, 0.2) is 59.4 Å². The molecular formula is C25H24FN3O4. The summed E-state index contributed by atoms with van der Waals surface area (Å²) in [6.45, 7) is 6.83. The Hall–Kier alpha value is -3.81. The number of anilines is 1. The number of carbonyl (C=O) groups excluding carboxylic acids is 2. The Bertz CT molecular complexity index is 1310. The van der Waals surface area contributed by atoms with Gasteiger partial charge >= 0.3 is 5.97 Å². The second-order valence-corrected chi connectivity index (χ2v) is 8.92. The molecule has 0 unspecified atom stereocenters. The zero-order valence-corrected chi connectivity index (χ0v) is 18.8. The lowest BCUT2D eigenvalue weighted by Gasteiger charge is -2.27. The molecule has 0 N–H and O–H groups in total. The van der Waals surface area contributed by atoms with Crippen LogP contribution < -0.4 is 10.3 Å². The summed E-state index contributed by atoms with van der Waals surface area (Å²) in [7, 11) is 0. The number of nitrogens with zero attached hydrogens (tertiary/aromatic N) is 3. The Balaban J connectivity index is 1.81. The number of amides is 1. The summed E-state index contributed by atoms with van der Waals surface area (Å²) in [5, 5.41) is 4.21. The topological polar surface area (TPSA) is 81.5 Å². The van der Waals surface area contributed by atoms with E-state index in [4.69, 9.17) is 4.74 Å². The highest BCUT2D eigenvalue weighted by atomic mass is 19.1. The van der Waals surface area contributed by atoms with Crippen LogP contribution in [0, 0.1) is 12.7 Å². The Morgan fingerprint density at radius 1 is 1.06 bits per heavy atom. The van der Waals surface area contributed by atoms with Gasteiger partial charge in [-0.3, -0.25) is 14.5 Å². The third kappa shape index (κ3) is 4.28. The average Bonchev–Trinajstić information content (AvgIpc) is 3.13. The van der Waals surface area contributed by atoms with Crippen LogP contribution >= 0.6 is 0 Å². The van der Waals surface area contributed by atoms with Crippen molar-refractivity contribution in [3.05, 3.63) is 87.6 Å². The van der Waals surface area contributed by atoms with Crippen molar-refractivity contribution in [3.8, 4) is 5.69 Å². The van der Waals surface area contributed by atoms with E-state index in [1.807, 2.05) is 12.1 Å². The largest absolute Gasteiger partial charge is 0.458 e. The van der Waals surface area contributed by atoms with E-state index in [0.717, 1.165) is 5.56 Å². The number of hydrogen-bond donors (Lipinski definition) is 0. The minimum atomic E-state index is -0.946. The summed E-state index contributed by atoms with van der Waals surface area (Å²) in [5.74, 6) is -1.87. The minimum Gasteiger partial charge on any atom is -0.458 e. The number of aromatic nitrogens is 2. The monoisotopic (exact) mass is 449 g/mol. The smallest absolute Gasteiger partial charge is 0.330 e. The summed E-state index contributed by atoms with van der Waals surface area (Å²) in [6, 6.07) is 13.3. The van der Waals surface area contributed by atoms with E-state index in [2.05, 4.69) is 5.10 Å². The van der Waals surface area contributed by atoms with Crippen molar-refractivity contribution in [2.75, 3.05) is 4.90 Å². The molecule has 2 heterocycles. The number of aryl methyl sites for hydroxylation is 1. The summed E-state index contributed by atoms with van der Waals surface area (Å²) in [6.07, 6.45) is 0.254. The fraction of sp³-hybridized carbons (Fsp3) is 0.280. The lowest BCUT2D eigenvalue weighted by molar-refractivity contribution is -0.156. The zero-order valence-electron chi connectivity index (χ0n) is 18.8. The van der Waals surface area contributed by atoms with Gasteiger partial charge in [0.25, 0.3) is 5.91 Å². The maximum absolute atomic E-state index is 14.4. The first kappa shape index (κ1) is 22.4. The van der Waals surface area contributed by atoms with Crippen molar-refractivity contribution >= 4 is 17.6 Å². The van der Waals surface area contributed by atoms with Crippen LogP contribution in [0.3, 0.4) is 0 Å². The van der Waals surface area contributed by atoms with Gasteiger partial charge in [0.05, 0.1) is 0 Å². The molecule has 8 heteroatoms. The summed E-state index contributed by atoms with van der Waals surface area (Å²) in [4.78, 5) is 40.7. The summed E-state index contributed by atoms with van der Waals surface area (Å²) < 4.78 is 21.2. The average molecular weight is 449 g/mol. The van der Waals surface area contributed by atoms with Gasteiger partial charge in [0.1, 0.15) is 23.1 Å². The molecule has 1 aliphatic rings. The van der Waals surface area contributed by atoms with E-state index in [9.17, 15) is 18.8 Å². The lowest BCUT2D eigenvalue weighted by Crippen LogP contribution is -2.47. The van der Waals surface area contributed by atoms with E-state index in [-0.39, 0.29) is 12.1 Å². The predicted octanol–water partition coefficient (Wildman–Crippen LogP) is 3.59. The molecule has 0 fully saturated rings. The van der Waals surface area contributed by atoms with Gasteiger partial charge in [-0.2, -0.15) is 5.10 Å². The molecule has 1 aliphatic heterocycles. The van der Waals surface area contributed by atoms with Gasteiger partial charge in [0, 0.05) is 23.9 Å². The quantitative estimate of drug-likeness (QED) is 0.571. The van der Waals surface area contributed by atoms with Crippen molar-refractivity contribution in [3.63, 3.8) is 0 Å². The molecule has 4 rings (SSSR count). The maximum atomic E-state index is 14.4. The number of carbonyl (C=O) groups is 2. The van der Waals surface area contributed by atoms with Gasteiger partial charge in [-0.1, -0.05) is 30.3 Å². The standard InChI is InChI=1S/C25H24FN3O4/c1-15-13-21(30)22(27-29(15)19-12-8-6-10-17(19)26)23(31)28-18-11-7-5-9-16(18)14-20(28)24(32)33-25(2,3)4/h5-13,20H,14H2,1-4H3/t20-/m1/s1. The van der Waals surface area contributed by atoms with Crippen LogP contribution in [0.25, 0.3) is 5.69 Å². The van der Waals surface area contributed by atoms with Crippen molar-refractivity contribution < 1.29 is 18.7 Å². The molecule has 0 spiro atoms. The van der Waals surface area contributed by atoms with Crippen molar-refractivity contribution in [1.82, 2.24) is 9.78 Å². The number of ether oxygens (including phenoxy) is 1. The van der Waals surface area contributed by atoms with Crippen LogP contribution in [0.4, 0.5) is 10.1 Å². The van der Waals surface area contributed by atoms with Gasteiger partial charge in [-0.25, -0.2) is 13.9 Å². The van der Waals surface area contributed by atoms with Crippen LogP contribution in [-0.2, 0) is 16.0 Å². The second-order valence-electron chi connectivity index (χ2n) is 8.92. The molecule has 0 saturated heterocycles. The van der Waals surface area contributed by atoms with Gasteiger partial charge in [-0.05, 0) is 51.5 Å². The first-order valence-electron chi connectivity index (χ1n) is 10.6. The molecule has 170 valence electrons. The van der Waals surface area contributed by atoms with Crippen molar-refractivity contribution in [2.45, 2.75) is 45.8 Å². The van der Waals surface area contributed by atoms with E-state index >= 15 is 0 Å². The SMILES string of the molecule is Cc1cc(=O)c(C(=O)N2c3ccccc3C[C@@H]2C(=O)OC(C)(C)C)nn1-c1ccccc1F. The summed E-state index contributed by atoms with van der Waals surface area (Å²) in [5.41, 5.74) is -0.00525. The lowest BCUT2D eigenvalue weighted by atomic mass is 10.1. The molecule has 7 nitrogen and oxygen atoms in total. The van der Waals surface area contributed by atoms with Crippen LogP contribution in [0.5, 0.6) is 0 Å². The van der Waals surface area contributed by atoms with E-state index < -0.39 is 40.5 Å². The third-order valence-corrected chi connectivity index (χ3v) is 5.26. The number of esters is 1. The number of hydrogen-bond acceptors (Lipinski definition) is 5. The fourth-order valence-corrected chi connectivity index (χ4v) is 3.87. The second kappa shape index (κ2) is 8.27. The molecule has 1 atom stereocenters. The van der Waals surface area contributed by atoms with E-state index in [0.29, 0.717) is 11.4 Å². The molecule has 0 saturated carbocycles. The Morgan fingerprint density at radius 3 is 2.36 bits per heavy atom. The predicted molar refractivity (Wildman–Crippen MR) is 121 cm³/mol. The minimum absolute atomic E-state index is 0.106. The summed E-state index contributed by atoms with van der Waals surface area (Å²) >= 11 is 0. The number of para-hydroxylation sites is 2. The third-order valence-electron chi connectivity index (χ3n) is 5.26. The van der Waals surface area contributed by atoms with Crippen molar-refractivity contribution in [2.24, 2.45) is 0 Å². The first-order valence-corrected chi connectivity index (χ1v) is 10.6. The molecule has 1 amide bonds. The number of halogens is 1. The number of rotatable bonds is 3. The van der Waals surface area contributed by atoms with E-state index in [1.54, 1.807) is 45.9 Å². The van der Waals surface area contributed by atoms with Crippen molar-refractivity contribution in [1.29, 1.82) is 0 Å². The van der Waals surface area contributed by atoms with Gasteiger partial charge < -0.3 is 4.74 Å². The van der Waals surface area contributed by atoms with E-state index in [1.165, 1.54) is 33.8 Å². The first-order chi connectivity index (χ1) is 15.6. The number of benzene rings is 2. The maximum Gasteiger partial charge on any atom is 0.330 e. The molecule has 2 aromatic carbocycles.